The van der Waals surface area contributed by atoms with E-state index in [0.717, 1.165) is 55.9 Å². The van der Waals surface area contributed by atoms with Crippen LogP contribution in [0.1, 0.15) is 72.7 Å². The molecule has 30 heavy (non-hydrogen) atoms. The SMILES string of the molecule is CN(C(=O)c1cnc(C2CCCO2)s1)C1CC(NC(=O)C2(C)CC(C3CC3)=NO2)C1. The normalized spacial score (nSPS) is 32.9. The number of ether oxygens (including phenoxy) is 1. The topological polar surface area (TPSA) is 93.1 Å². The molecular formula is C21H28N4O4S. The highest BCUT2D eigenvalue weighted by molar-refractivity contribution is 7.13. The van der Waals surface area contributed by atoms with Gasteiger partial charge in [0.25, 0.3) is 11.8 Å². The van der Waals surface area contributed by atoms with Crippen molar-refractivity contribution in [1.82, 2.24) is 15.2 Å². The molecule has 0 bridgehead atoms. The Kier molecular flexibility index (Phi) is 5.05. The Morgan fingerprint density at radius 1 is 1.30 bits per heavy atom. The lowest BCUT2D eigenvalue weighted by Gasteiger charge is -2.42. The molecule has 0 radical (unpaired) electrons. The second-order valence-corrected chi connectivity index (χ2v) is 10.2. The summed E-state index contributed by atoms with van der Waals surface area (Å²) in [6, 6.07) is 0.179. The Morgan fingerprint density at radius 2 is 2.10 bits per heavy atom. The van der Waals surface area contributed by atoms with Crippen LogP contribution in [0.4, 0.5) is 0 Å². The first kappa shape index (κ1) is 19.9. The number of nitrogens with zero attached hydrogens (tertiary/aromatic N) is 3. The average molecular weight is 433 g/mol. The standard InChI is InChI=1S/C21H28N4O4S/c1-21(10-15(24-29-21)12-5-6-12)20(27)23-13-8-14(9-13)25(2)19(26)17-11-22-18(30-17)16-4-3-7-28-16/h11-14,16H,3-10H2,1-2H3,(H,23,27). The van der Waals surface area contributed by atoms with Crippen LogP contribution in [0.15, 0.2) is 11.4 Å². The summed E-state index contributed by atoms with van der Waals surface area (Å²) in [7, 11) is 1.83. The van der Waals surface area contributed by atoms with E-state index in [0.29, 0.717) is 17.2 Å². The van der Waals surface area contributed by atoms with Crippen LogP contribution in [0.2, 0.25) is 0 Å². The van der Waals surface area contributed by atoms with Gasteiger partial charge in [0.1, 0.15) is 16.0 Å². The number of aromatic nitrogens is 1. The summed E-state index contributed by atoms with van der Waals surface area (Å²) in [4.78, 5) is 37.9. The number of carbonyl (C=O) groups is 2. The Morgan fingerprint density at radius 3 is 2.80 bits per heavy atom. The highest BCUT2D eigenvalue weighted by Gasteiger charge is 2.47. The Bertz CT molecular complexity index is 870. The van der Waals surface area contributed by atoms with E-state index in [4.69, 9.17) is 9.57 Å². The molecule has 1 saturated heterocycles. The Labute approximate surface area is 180 Å². The van der Waals surface area contributed by atoms with Gasteiger partial charge in [0, 0.05) is 38.1 Å². The third-order valence-corrected chi connectivity index (χ3v) is 7.75. The summed E-state index contributed by atoms with van der Waals surface area (Å²) in [5, 5.41) is 8.11. The first-order valence-corrected chi connectivity index (χ1v) is 11.6. The monoisotopic (exact) mass is 432 g/mol. The molecule has 1 aromatic rings. The zero-order valence-electron chi connectivity index (χ0n) is 17.4. The van der Waals surface area contributed by atoms with E-state index < -0.39 is 5.60 Å². The molecule has 8 nitrogen and oxygen atoms in total. The minimum absolute atomic E-state index is 0.0138. The van der Waals surface area contributed by atoms with Crippen LogP contribution in [0, 0.1) is 5.92 Å². The van der Waals surface area contributed by atoms with Crippen LogP contribution in [0.3, 0.4) is 0 Å². The predicted octanol–water partition coefficient (Wildman–Crippen LogP) is 2.66. The molecule has 0 spiro atoms. The summed E-state index contributed by atoms with van der Waals surface area (Å²) < 4.78 is 5.66. The number of oxime groups is 1. The van der Waals surface area contributed by atoms with Gasteiger partial charge < -0.3 is 19.8 Å². The number of hydrogen-bond donors (Lipinski definition) is 1. The van der Waals surface area contributed by atoms with Crippen molar-refractivity contribution in [3.8, 4) is 0 Å². The van der Waals surface area contributed by atoms with Crippen LogP contribution in [0.25, 0.3) is 0 Å². The van der Waals surface area contributed by atoms with Crippen LogP contribution >= 0.6 is 11.3 Å². The molecule has 5 rings (SSSR count). The van der Waals surface area contributed by atoms with Crippen molar-refractivity contribution in [2.24, 2.45) is 11.1 Å². The lowest BCUT2D eigenvalue weighted by molar-refractivity contribution is -0.143. The first-order valence-electron chi connectivity index (χ1n) is 10.8. The van der Waals surface area contributed by atoms with Gasteiger partial charge in [0.15, 0.2) is 0 Å². The van der Waals surface area contributed by atoms with Gasteiger partial charge in [-0.1, -0.05) is 5.16 Å². The smallest absolute Gasteiger partial charge is 0.267 e. The van der Waals surface area contributed by atoms with Crippen LogP contribution < -0.4 is 5.32 Å². The zero-order chi connectivity index (χ0) is 20.9. The third kappa shape index (κ3) is 3.73. The first-order chi connectivity index (χ1) is 14.4. The van der Waals surface area contributed by atoms with Crippen LogP contribution in [0.5, 0.6) is 0 Å². The molecule has 2 saturated carbocycles. The molecule has 2 unspecified atom stereocenters. The average Bonchev–Trinajstić information content (AvgIpc) is 3.12. The van der Waals surface area contributed by atoms with E-state index in [9.17, 15) is 9.59 Å². The fourth-order valence-electron chi connectivity index (χ4n) is 4.33. The van der Waals surface area contributed by atoms with E-state index in [-0.39, 0.29) is 30.0 Å². The maximum atomic E-state index is 12.8. The molecule has 2 aliphatic heterocycles. The summed E-state index contributed by atoms with van der Waals surface area (Å²) in [5.74, 6) is 0.392. The van der Waals surface area contributed by atoms with Crippen molar-refractivity contribution in [3.63, 3.8) is 0 Å². The second kappa shape index (κ2) is 7.60. The molecule has 9 heteroatoms. The van der Waals surface area contributed by atoms with Crippen molar-refractivity contribution >= 4 is 28.9 Å². The van der Waals surface area contributed by atoms with Gasteiger partial charge in [-0.2, -0.15) is 0 Å². The van der Waals surface area contributed by atoms with Gasteiger partial charge >= 0.3 is 0 Å². The number of carbonyl (C=O) groups excluding carboxylic acids is 2. The Hall–Kier alpha value is -2.00. The predicted molar refractivity (Wildman–Crippen MR) is 111 cm³/mol. The lowest BCUT2D eigenvalue weighted by Crippen LogP contribution is -2.57. The summed E-state index contributed by atoms with van der Waals surface area (Å²) in [5.41, 5.74) is 0.128. The number of rotatable bonds is 6. The summed E-state index contributed by atoms with van der Waals surface area (Å²) in [6.45, 7) is 2.57. The Balaban J connectivity index is 1.10. The minimum Gasteiger partial charge on any atom is -0.379 e. The van der Waals surface area contributed by atoms with Crippen LogP contribution in [-0.2, 0) is 14.4 Å². The largest absolute Gasteiger partial charge is 0.379 e. The number of amides is 2. The number of nitrogens with one attached hydrogen (secondary N) is 1. The maximum Gasteiger partial charge on any atom is 0.267 e. The molecule has 2 atom stereocenters. The number of hydrogen-bond acceptors (Lipinski definition) is 7. The van der Waals surface area contributed by atoms with Gasteiger partial charge in [-0.3, -0.25) is 9.59 Å². The van der Waals surface area contributed by atoms with Crippen molar-refractivity contribution in [2.75, 3.05) is 13.7 Å². The molecule has 4 aliphatic rings. The molecule has 162 valence electrons. The quantitative estimate of drug-likeness (QED) is 0.746. The van der Waals surface area contributed by atoms with E-state index in [2.05, 4.69) is 15.5 Å². The molecule has 2 aliphatic carbocycles. The minimum atomic E-state index is -0.897. The van der Waals surface area contributed by atoms with Crippen molar-refractivity contribution in [2.45, 2.75) is 75.7 Å². The highest BCUT2D eigenvalue weighted by Crippen LogP contribution is 2.38. The zero-order valence-corrected chi connectivity index (χ0v) is 18.2. The van der Waals surface area contributed by atoms with Crippen molar-refractivity contribution in [3.05, 3.63) is 16.1 Å². The van der Waals surface area contributed by atoms with Gasteiger partial charge in [-0.15, -0.1) is 11.3 Å². The van der Waals surface area contributed by atoms with Gasteiger partial charge in [0.2, 0.25) is 5.60 Å². The van der Waals surface area contributed by atoms with E-state index in [1.54, 1.807) is 11.1 Å². The van der Waals surface area contributed by atoms with Gasteiger partial charge in [0.05, 0.1) is 11.9 Å². The van der Waals surface area contributed by atoms with Gasteiger partial charge in [-0.25, -0.2) is 4.98 Å². The van der Waals surface area contributed by atoms with E-state index >= 15 is 0 Å². The summed E-state index contributed by atoms with van der Waals surface area (Å²) >= 11 is 1.43. The van der Waals surface area contributed by atoms with E-state index in [1.807, 2.05) is 14.0 Å². The fourth-order valence-corrected chi connectivity index (χ4v) is 5.32. The molecular weight excluding hydrogens is 404 g/mol. The van der Waals surface area contributed by atoms with Gasteiger partial charge in [-0.05, 0) is 45.4 Å². The van der Waals surface area contributed by atoms with Crippen LogP contribution in [-0.4, -0.2) is 58.7 Å². The highest BCUT2D eigenvalue weighted by atomic mass is 32.1. The lowest BCUT2D eigenvalue weighted by atomic mass is 9.84. The molecule has 1 aromatic heterocycles. The third-order valence-electron chi connectivity index (χ3n) is 6.67. The molecule has 3 fully saturated rings. The van der Waals surface area contributed by atoms with Crippen molar-refractivity contribution < 1.29 is 19.2 Å². The molecule has 0 aromatic carbocycles. The van der Waals surface area contributed by atoms with E-state index in [1.165, 1.54) is 11.3 Å². The summed E-state index contributed by atoms with van der Waals surface area (Å²) in [6.07, 6.45) is 8.09. The molecule has 2 amide bonds. The molecule has 1 N–H and O–H groups in total. The second-order valence-electron chi connectivity index (χ2n) is 9.13. The molecule has 3 heterocycles. The maximum absolute atomic E-state index is 12.8. The fraction of sp³-hybridized carbons (Fsp3) is 0.714. The van der Waals surface area contributed by atoms with Crippen molar-refractivity contribution in [1.29, 1.82) is 0 Å². The number of thiazole rings is 1.